The van der Waals surface area contributed by atoms with Crippen LogP contribution in [0.2, 0.25) is 0 Å². The summed E-state index contributed by atoms with van der Waals surface area (Å²) in [4.78, 5) is 0. The van der Waals surface area contributed by atoms with Crippen LogP contribution in [0, 0.1) is 0 Å². The van der Waals surface area contributed by atoms with Crippen molar-refractivity contribution >= 4 is 21.3 Å². The van der Waals surface area contributed by atoms with Gasteiger partial charge in [-0.2, -0.15) is 8.42 Å². The second-order valence-corrected chi connectivity index (χ2v) is 17.5. The molecule has 8 atom stereocenters. The second-order valence-electron chi connectivity index (χ2n) is 14.1. The van der Waals surface area contributed by atoms with Gasteiger partial charge in [-0.05, 0) is 22.3 Å². The maximum atomic E-state index is 12.2. The Morgan fingerprint density at radius 1 is 0.596 bits per heavy atom. The Hall–Kier alpha value is -3.92. The molecule has 0 spiro atoms. The second kappa shape index (κ2) is 20.7. The smallest absolute Gasteiger partial charge is 0.371 e. The summed E-state index contributed by atoms with van der Waals surface area (Å²) in [5.74, 6) is 0.903. The van der Waals surface area contributed by atoms with Crippen molar-refractivity contribution in [1.29, 1.82) is 0 Å². The molecule has 2 unspecified atom stereocenters. The van der Waals surface area contributed by atoms with Crippen LogP contribution in [0.4, 0.5) is 0 Å². The molecule has 5 aromatic rings. The van der Waals surface area contributed by atoms with E-state index in [1.54, 1.807) is 0 Å². The molecule has 10 nitrogen and oxygen atoms in total. The number of hydrogen-bond acceptors (Lipinski definition) is 9. The van der Waals surface area contributed by atoms with Gasteiger partial charge in [0.1, 0.15) is 42.0 Å². The molecule has 57 heavy (non-hydrogen) atoms. The first-order valence-corrected chi connectivity index (χ1v) is 22.1. The first-order chi connectivity index (χ1) is 27.9. The quantitative estimate of drug-likeness (QED) is 0.0716. The van der Waals surface area contributed by atoms with Gasteiger partial charge < -0.3 is 28.4 Å². The molecule has 2 aliphatic heterocycles. The summed E-state index contributed by atoms with van der Waals surface area (Å²) in [6, 6.07) is 49.5. The Kier molecular flexibility index (Phi) is 15.0. The third kappa shape index (κ3) is 12.3. The number of ether oxygens (including phenoxy) is 6. The highest BCUT2D eigenvalue weighted by atomic mass is 32.3. The Labute approximate surface area is 338 Å². The summed E-state index contributed by atoms with van der Waals surface area (Å²) in [5, 5.41) is -0.234. The lowest BCUT2D eigenvalue weighted by Gasteiger charge is -2.43. The zero-order valence-corrected chi connectivity index (χ0v) is 33.2. The van der Waals surface area contributed by atoms with E-state index in [-0.39, 0.29) is 11.9 Å². The summed E-state index contributed by atoms with van der Waals surface area (Å²) in [6.07, 6.45) is -4.07. The van der Waals surface area contributed by atoms with Gasteiger partial charge in [-0.3, -0.25) is 4.55 Å². The SMILES string of the molecule is O=S(=O)(O)O[C@H]1COC(c2ccccc2)O[C@@H]1C[S+]1C[C@H](OCc2ccccc2)[C@@H](OCc2ccccc2)[C@H](OCc2ccccc2)[C@H]1COCc1ccccc1. The largest absolute Gasteiger partial charge is 0.397 e. The summed E-state index contributed by atoms with van der Waals surface area (Å²) in [7, 11) is -5.43. The van der Waals surface area contributed by atoms with E-state index >= 15 is 0 Å². The van der Waals surface area contributed by atoms with E-state index in [0.29, 0.717) is 44.5 Å². The molecule has 0 saturated carbocycles. The van der Waals surface area contributed by atoms with E-state index < -0.39 is 58.1 Å². The minimum atomic E-state index is -4.83. The van der Waals surface area contributed by atoms with Crippen LogP contribution in [0.15, 0.2) is 152 Å². The van der Waals surface area contributed by atoms with Crippen molar-refractivity contribution in [2.24, 2.45) is 0 Å². The molecular weight excluding hydrogens is 765 g/mol. The average Bonchev–Trinajstić information content (AvgIpc) is 3.24. The maximum Gasteiger partial charge on any atom is 0.397 e. The normalized spacial score (nSPS) is 25.2. The van der Waals surface area contributed by atoms with E-state index in [0.717, 1.165) is 27.8 Å². The van der Waals surface area contributed by atoms with Gasteiger partial charge in [-0.1, -0.05) is 152 Å². The van der Waals surface area contributed by atoms with Gasteiger partial charge in [0, 0.05) is 16.5 Å². The van der Waals surface area contributed by atoms with Gasteiger partial charge in [0.15, 0.2) is 11.5 Å². The maximum absolute atomic E-state index is 12.2. The standard InChI is InChI=1S/C45H48O10S2/c46-57(47,48)55-39-30-53-45(38-24-14-5-15-25-38)54-40(39)32-56-33-41(50-27-35-18-8-2-9-19-35)43(51-28-36-20-10-3-11-21-36)44(52-29-37-22-12-4-13-23-37)42(56)31-49-26-34-16-6-1-7-17-34/h1-25,39-45H,26-33H2/p+1/t39-,40+,41-,42+,43+,44+,45?,56?/m0/s1. The molecule has 0 bridgehead atoms. The summed E-state index contributed by atoms with van der Waals surface area (Å²) >= 11 is 0. The molecule has 2 fully saturated rings. The lowest BCUT2D eigenvalue weighted by molar-refractivity contribution is -0.245. The van der Waals surface area contributed by atoms with Gasteiger partial charge in [0.2, 0.25) is 0 Å². The lowest BCUT2D eigenvalue weighted by atomic mass is 10.0. The van der Waals surface area contributed by atoms with Crippen molar-refractivity contribution in [3.8, 4) is 0 Å². The third-order valence-corrected chi connectivity index (χ3v) is 13.2. The molecule has 1 N–H and O–H groups in total. The molecular formula is C45H49O10S2+. The summed E-state index contributed by atoms with van der Waals surface area (Å²) in [5.41, 5.74) is 4.88. The summed E-state index contributed by atoms with van der Waals surface area (Å²) in [6.45, 7) is 1.63. The van der Waals surface area contributed by atoms with E-state index in [1.165, 1.54) is 0 Å². The fraction of sp³-hybridized carbons (Fsp3) is 0.333. The van der Waals surface area contributed by atoms with Gasteiger partial charge in [-0.25, -0.2) is 4.18 Å². The van der Waals surface area contributed by atoms with Crippen molar-refractivity contribution in [1.82, 2.24) is 0 Å². The molecule has 0 aromatic heterocycles. The van der Waals surface area contributed by atoms with Gasteiger partial charge >= 0.3 is 10.4 Å². The summed E-state index contributed by atoms with van der Waals surface area (Å²) < 4.78 is 79.1. The van der Waals surface area contributed by atoms with E-state index in [9.17, 15) is 13.0 Å². The van der Waals surface area contributed by atoms with Crippen molar-refractivity contribution in [2.75, 3.05) is 24.7 Å². The van der Waals surface area contributed by atoms with E-state index in [1.807, 2.05) is 152 Å². The Bertz CT molecular complexity index is 2010. The Morgan fingerprint density at radius 3 is 1.60 bits per heavy atom. The van der Waals surface area contributed by atoms with E-state index in [4.69, 9.17) is 32.6 Å². The Balaban J connectivity index is 1.24. The van der Waals surface area contributed by atoms with Crippen LogP contribution >= 0.6 is 0 Å². The molecule has 5 aromatic carbocycles. The van der Waals surface area contributed by atoms with Crippen LogP contribution in [-0.2, 0) is 80.3 Å². The van der Waals surface area contributed by atoms with E-state index in [2.05, 4.69) is 0 Å². The zero-order chi connectivity index (χ0) is 39.3. The molecule has 2 heterocycles. The highest BCUT2D eigenvalue weighted by Crippen LogP contribution is 2.36. The van der Waals surface area contributed by atoms with Gasteiger partial charge in [0.05, 0.1) is 39.6 Å². The fourth-order valence-electron chi connectivity index (χ4n) is 7.11. The number of benzene rings is 5. The van der Waals surface area contributed by atoms with Crippen molar-refractivity contribution in [2.45, 2.75) is 68.5 Å². The molecule has 0 amide bonds. The molecule has 2 saturated heterocycles. The molecule has 2 aliphatic rings. The first kappa shape index (κ1) is 41.2. The molecule has 0 aliphatic carbocycles. The van der Waals surface area contributed by atoms with Gasteiger partial charge in [-0.15, -0.1) is 0 Å². The first-order valence-electron chi connectivity index (χ1n) is 19.1. The minimum absolute atomic E-state index is 0.110. The minimum Gasteiger partial charge on any atom is -0.371 e. The van der Waals surface area contributed by atoms with Crippen LogP contribution < -0.4 is 0 Å². The van der Waals surface area contributed by atoms with Crippen LogP contribution in [0.1, 0.15) is 34.1 Å². The van der Waals surface area contributed by atoms with Crippen LogP contribution in [0.5, 0.6) is 0 Å². The number of hydrogen-bond donors (Lipinski definition) is 1. The van der Waals surface area contributed by atoms with Crippen LogP contribution in [0.25, 0.3) is 0 Å². The predicted octanol–water partition coefficient (Wildman–Crippen LogP) is 7.26. The highest BCUT2D eigenvalue weighted by Gasteiger charge is 2.55. The molecule has 12 heteroatoms. The zero-order valence-electron chi connectivity index (χ0n) is 31.6. The molecule has 0 radical (unpaired) electrons. The Morgan fingerprint density at radius 2 is 1.07 bits per heavy atom. The highest BCUT2D eigenvalue weighted by molar-refractivity contribution is 7.97. The monoisotopic (exact) mass is 813 g/mol. The third-order valence-electron chi connectivity index (χ3n) is 9.95. The number of rotatable bonds is 18. The van der Waals surface area contributed by atoms with Crippen LogP contribution in [0.3, 0.4) is 0 Å². The van der Waals surface area contributed by atoms with Crippen LogP contribution in [-0.4, -0.2) is 73.5 Å². The fourth-order valence-corrected chi connectivity index (χ4v) is 10.6. The molecule has 7 rings (SSSR count). The van der Waals surface area contributed by atoms with Crippen molar-refractivity contribution in [3.63, 3.8) is 0 Å². The topological polar surface area (TPSA) is 119 Å². The van der Waals surface area contributed by atoms with Crippen molar-refractivity contribution in [3.05, 3.63) is 179 Å². The predicted molar refractivity (Wildman–Crippen MR) is 218 cm³/mol. The average molecular weight is 814 g/mol. The lowest BCUT2D eigenvalue weighted by Crippen LogP contribution is -2.62. The van der Waals surface area contributed by atoms with Gasteiger partial charge in [0.25, 0.3) is 0 Å². The molecule has 300 valence electrons. The van der Waals surface area contributed by atoms with Crippen molar-refractivity contribution < 1.29 is 45.6 Å².